The zero-order valence-electron chi connectivity index (χ0n) is 10.1. The predicted octanol–water partition coefficient (Wildman–Crippen LogP) is 4.81. The molecular formula is C14H14O2S2. The molecule has 0 bridgehead atoms. The Bertz CT molecular complexity index is 572. The third kappa shape index (κ3) is 2.94. The molecule has 18 heavy (non-hydrogen) atoms. The highest BCUT2D eigenvalue weighted by Crippen LogP contribution is 2.32. The van der Waals surface area contributed by atoms with Gasteiger partial charge in [0, 0.05) is 5.57 Å². The standard InChI is InChI=1S/C14H14O2S2/c1-3-5-10(2)14(15)16-18-12-7-4-6-11-8-9-17-13(11)12/h4,6-9H,2-3,5H2,1H3. The van der Waals surface area contributed by atoms with Crippen molar-refractivity contribution in [1.29, 1.82) is 0 Å². The zero-order chi connectivity index (χ0) is 13.0. The highest BCUT2D eigenvalue weighted by molar-refractivity contribution is 7.95. The summed E-state index contributed by atoms with van der Waals surface area (Å²) in [6.45, 7) is 5.74. The third-order valence-corrected chi connectivity index (χ3v) is 4.34. The van der Waals surface area contributed by atoms with Crippen LogP contribution in [0.1, 0.15) is 19.8 Å². The van der Waals surface area contributed by atoms with Crippen LogP contribution in [-0.2, 0) is 8.98 Å². The number of rotatable bonds is 5. The molecule has 0 saturated carbocycles. The summed E-state index contributed by atoms with van der Waals surface area (Å²) in [6.07, 6.45) is 1.59. The lowest BCUT2D eigenvalue weighted by Gasteiger charge is -2.05. The molecule has 0 fully saturated rings. The van der Waals surface area contributed by atoms with Gasteiger partial charge >= 0.3 is 5.97 Å². The second kappa shape index (κ2) is 6.07. The Labute approximate surface area is 115 Å². The smallest absolute Gasteiger partial charge is 0.345 e. The Morgan fingerprint density at radius 3 is 3.06 bits per heavy atom. The summed E-state index contributed by atoms with van der Waals surface area (Å²) in [7, 11) is 0. The molecule has 0 atom stereocenters. The first-order valence-electron chi connectivity index (χ1n) is 5.75. The second-order valence-electron chi connectivity index (χ2n) is 3.90. The molecule has 0 aliphatic carbocycles. The van der Waals surface area contributed by atoms with Crippen molar-refractivity contribution in [3.05, 3.63) is 41.8 Å². The van der Waals surface area contributed by atoms with Gasteiger partial charge in [-0.15, -0.1) is 11.3 Å². The molecule has 0 N–H and O–H groups in total. The van der Waals surface area contributed by atoms with E-state index in [1.165, 1.54) is 5.39 Å². The van der Waals surface area contributed by atoms with Crippen LogP contribution in [0.2, 0.25) is 0 Å². The van der Waals surface area contributed by atoms with E-state index in [-0.39, 0.29) is 5.97 Å². The van der Waals surface area contributed by atoms with Gasteiger partial charge in [0.25, 0.3) is 0 Å². The van der Waals surface area contributed by atoms with E-state index < -0.39 is 0 Å². The molecule has 0 unspecified atom stereocenters. The van der Waals surface area contributed by atoms with E-state index in [0.717, 1.165) is 28.1 Å². The van der Waals surface area contributed by atoms with E-state index in [2.05, 4.69) is 12.6 Å². The monoisotopic (exact) mass is 278 g/mol. The topological polar surface area (TPSA) is 26.3 Å². The Balaban J connectivity index is 2.04. The van der Waals surface area contributed by atoms with Crippen LogP contribution in [0.3, 0.4) is 0 Å². The van der Waals surface area contributed by atoms with Gasteiger partial charge in [0.1, 0.15) is 0 Å². The van der Waals surface area contributed by atoms with Gasteiger partial charge in [0.2, 0.25) is 0 Å². The van der Waals surface area contributed by atoms with Crippen LogP contribution in [0.4, 0.5) is 0 Å². The van der Waals surface area contributed by atoms with E-state index in [4.69, 9.17) is 4.18 Å². The molecule has 2 nitrogen and oxygen atoms in total. The lowest BCUT2D eigenvalue weighted by atomic mass is 10.2. The summed E-state index contributed by atoms with van der Waals surface area (Å²) in [5, 5.41) is 3.21. The normalized spacial score (nSPS) is 10.5. The van der Waals surface area contributed by atoms with E-state index in [1.807, 2.05) is 30.5 Å². The van der Waals surface area contributed by atoms with Crippen molar-refractivity contribution in [2.75, 3.05) is 0 Å². The average Bonchev–Trinajstić information content (AvgIpc) is 2.84. The number of hydrogen-bond acceptors (Lipinski definition) is 4. The molecule has 2 aromatic rings. The second-order valence-corrected chi connectivity index (χ2v) is 5.59. The molecule has 4 heteroatoms. The minimum atomic E-state index is -0.324. The number of benzene rings is 1. The van der Waals surface area contributed by atoms with Crippen LogP contribution in [-0.4, -0.2) is 5.97 Å². The van der Waals surface area contributed by atoms with Crippen LogP contribution in [0.5, 0.6) is 0 Å². The van der Waals surface area contributed by atoms with Crippen molar-refractivity contribution in [2.24, 2.45) is 0 Å². The number of carbonyl (C=O) groups is 1. The lowest BCUT2D eigenvalue weighted by molar-refractivity contribution is -0.129. The van der Waals surface area contributed by atoms with Gasteiger partial charge in [-0.3, -0.25) is 0 Å². The van der Waals surface area contributed by atoms with Gasteiger partial charge in [0.05, 0.1) is 21.6 Å². The molecule has 0 amide bonds. The van der Waals surface area contributed by atoms with Crippen LogP contribution >= 0.6 is 23.4 Å². The average molecular weight is 278 g/mol. The molecular weight excluding hydrogens is 264 g/mol. The number of carbonyl (C=O) groups excluding carboxylic acids is 1. The van der Waals surface area contributed by atoms with Gasteiger partial charge in [-0.05, 0) is 29.3 Å². The fourth-order valence-corrected chi connectivity index (χ4v) is 3.24. The van der Waals surface area contributed by atoms with Crippen LogP contribution in [0, 0.1) is 0 Å². The molecule has 0 radical (unpaired) electrons. The highest BCUT2D eigenvalue weighted by atomic mass is 32.2. The minimum absolute atomic E-state index is 0.324. The third-order valence-electron chi connectivity index (χ3n) is 2.49. The predicted molar refractivity (Wildman–Crippen MR) is 77.8 cm³/mol. The van der Waals surface area contributed by atoms with Crippen molar-refractivity contribution in [3.63, 3.8) is 0 Å². The van der Waals surface area contributed by atoms with Gasteiger partial charge in [-0.1, -0.05) is 32.1 Å². The van der Waals surface area contributed by atoms with Gasteiger partial charge in [-0.25, -0.2) is 4.79 Å². The Morgan fingerprint density at radius 2 is 2.28 bits per heavy atom. The summed E-state index contributed by atoms with van der Waals surface area (Å²) in [5.41, 5.74) is 0.531. The van der Waals surface area contributed by atoms with Crippen molar-refractivity contribution in [1.82, 2.24) is 0 Å². The first-order chi connectivity index (χ1) is 8.72. The summed E-state index contributed by atoms with van der Waals surface area (Å²) in [6, 6.07) is 8.03. The minimum Gasteiger partial charge on any atom is -0.383 e. The summed E-state index contributed by atoms with van der Waals surface area (Å²) < 4.78 is 6.35. The maximum atomic E-state index is 11.6. The zero-order valence-corrected chi connectivity index (χ0v) is 11.8. The first-order valence-corrected chi connectivity index (χ1v) is 7.37. The van der Waals surface area contributed by atoms with Gasteiger partial charge in [-0.2, -0.15) is 0 Å². The quantitative estimate of drug-likeness (QED) is 0.580. The molecule has 0 aliphatic heterocycles. The van der Waals surface area contributed by atoms with Gasteiger partial charge in [0.15, 0.2) is 0 Å². The number of hydrogen-bond donors (Lipinski definition) is 0. The summed E-state index contributed by atoms with van der Waals surface area (Å²) in [5.74, 6) is -0.324. The molecule has 2 rings (SSSR count). The SMILES string of the molecule is C=C(CCC)C(=O)OSc1cccc2ccsc12. The Morgan fingerprint density at radius 1 is 1.44 bits per heavy atom. The Kier molecular flexibility index (Phi) is 4.44. The molecule has 1 aromatic heterocycles. The fraction of sp³-hybridized carbons (Fsp3) is 0.214. The van der Waals surface area contributed by atoms with Crippen molar-refractivity contribution in [2.45, 2.75) is 24.7 Å². The molecule has 1 aromatic carbocycles. The van der Waals surface area contributed by atoms with Crippen LogP contribution < -0.4 is 0 Å². The Hall–Kier alpha value is -1.26. The summed E-state index contributed by atoms with van der Waals surface area (Å²) >= 11 is 2.77. The van der Waals surface area contributed by atoms with Crippen molar-refractivity contribution >= 4 is 39.4 Å². The molecule has 94 valence electrons. The van der Waals surface area contributed by atoms with E-state index in [1.54, 1.807) is 11.3 Å². The molecule has 0 aliphatic rings. The lowest BCUT2D eigenvalue weighted by Crippen LogP contribution is -2.01. The van der Waals surface area contributed by atoms with E-state index >= 15 is 0 Å². The van der Waals surface area contributed by atoms with E-state index in [0.29, 0.717) is 12.0 Å². The number of fused-ring (bicyclic) bond motifs is 1. The maximum absolute atomic E-state index is 11.6. The van der Waals surface area contributed by atoms with Crippen LogP contribution in [0.25, 0.3) is 10.1 Å². The summed E-state index contributed by atoms with van der Waals surface area (Å²) in [4.78, 5) is 12.6. The number of thiophene rings is 1. The van der Waals surface area contributed by atoms with Crippen LogP contribution in [0.15, 0.2) is 46.7 Å². The first kappa shape index (κ1) is 13.2. The van der Waals surface area contributed by atoms with Crippen molar-refractivity contribution < 1.29 is 8.98 Å². The largest absolute Gasteiger partial charge is 0.383 e. The fourth-order valence-electron chi connectivity index (χ4n) is 1.58. The van der Waals surface area contributed by atoms with Gasteiger partial charge < -0.3 is 4.18 Å². The van der Waals surface area contributed by atoms with Crippen molar-refractivity contribution in [3.8, 4) is 0 Å². The molecule has 0 spiro atoms. The maximum Gasteiger partial charge on any atom is 0.345 e. The highest BCUT2D eigenvalue weighted by Gasteiger charge is 2.10. The molecule has 1 heterocycles. The van der Waals surface area contributed by atoms with E-state index in [9.17, 15) is 4.79 Å². The molecule has 0 saturated heterocycles.